The molecule has 7 heteroatoms. The Kier molecular flexibility index (Phi) is 3.90. The van der Waals surface area contributed by atoms with Crippen LogP contribution in [0.25, 0.3) is 0 Å². The second-order valence-corrected chi connectivity index (χ2v) is 7.39. The molecule has 0 saturated heterocycles. The first-order chi connectivity index (χ1) is 11.2. The Labute approximate surface area is 139 Å². The van der Waals surface area contributed by atoms with Crippen molar-refractivity contribution in [2.45, 2.75) is 44.8 Å². The summed E-state index contributed by atoms with van der Waals surface area (Å²) in [6, 6.07) is 4.13. The Bertz CT molecular complexity index is 691. The molecular formula is C16H21N5OS. The van der Waals surface area contributed by atoms with Crippen molar-refractivity contribution in [3.05, 3.63) is 34.0 Å². The van der Waals surface area contributed by atoms with E-state index in [2.05, 4.69) is 31.0 Å². The zero-order valence-electron chi connectivity index (χ0n) is 13.2. The number of aromatic nitrogens is 3. The maximum Gasteiger partial charge on any atom is 0.234 e. The summed E-state index contributed by atoms with van der Waals surface area (Å²) >= 11 is 1.67. The lowest BCUT2D eigenvalue weighted by Gasteiger charge is -2.27. The molecule has 1 aliphatic heterocycles. The van der Waals surface area contributed by atoms with Gasteiger partial charge in [-0.25, -0.2) is 0 Å². The van der Waals surface area contributed by atoms with Crippen LogP contribution in [0.4, 0.5) is 0 Å². The molecule has 0 bridgehead atoms. The highest BCUT2D eigenvalue weighted by Crippen LogP contribution is 2.39. The van der Waals surface area contributed by atoms with E-state index in [1.54, 1.807) is 11.3 Å². The van der Waals surface area contributed by atoms with E-state index in [4.69, 9.17) is 0 Å². The number of hydrogen-bond donors (Lipinski definition) is 1. The maximum absolute atomic E-state index is 12.3. The number of amides is 1. The second-order valence-electron chi connectivity index (χ2n) is 6.42. The quantitative estimate of drug-likeness (QED) is 0.909. The van der Waals surface area contributed by atoms with E-state index in [0.29, 0.717) is 19.0 Å². The van der Waals surface area contributed by atoms with Gasteiger partial charge in [-0.15, -0.1) is 21.5 Å². The minimum absolute atomic E-state index is 0.0670. The molecule has 6 nitrogen and oxygen atoms in total. The van der Waals surface area contributed by atoms with Gasteiger partial charge < -0.3 is 9.88 Å². The van der Waals surface area contributed by atoms with E-state index < -0.39 is 0 Å². The van der Waals surface area contributed by atoms with Crippen molar-refractivity contribution >= 4 is 17.2 Å². The Morgan fingerprint density at radius 3 is 3.04 bits per heavy atom. The zero-order valence-corrected chi connectivity index (χ0v) is 14.1. The molecule has 2 aromatic heterocycles. The highest BCUT2D eigenvalue weighted by Gasteiger charge is 2.32. The molecule has 2 aromatic rings. The normalized spacial score (nSPS) is 19.3. The van der Waals surface area contributed by atoms with Gasteiger partial charge in [0.15, 0.2) is 0 Å². The van der Waals surface area contributed by atoms with Crippen LogP contribution in [0.1, 0.15) is 48.3 Å². The van der Waals surface area contributed by atoms with Crippen molar-refractivity contribution < 1.29 is 4.79 Å². The Morgan fingerprint density at radius 1 is 1.43 bits per heavy atom. The van der Waals surface area contributed by atoms with Gasteiger partial charge in [-0.2, -0.15) is 0 Å². The molecule has 23 heavy (non-hydrogen) atoms. The molecule has 3 heterocycles. The second kappa shape index (κ2) is 6.05. The van der Waals surface area contributed by atoms with Crippen molar-refractivity contribution in [2.24, 2.45) is 0 Å². The molecule has 0 radical (unpaired) electrons. The molecule has 0 spiro atoms. The van der Waals surface area contributed by atoms with Crippen LogP contribution in [0.5, 0.6) is 0 Å². The molecular weight excluding hydrogens is 310 g/mol. The summed E-state index contributed by atoms with van der Waals surface area (Å²) in [6.07, 6.45) is 2.48. The first-order valence-corrected chi connectivity index (χ1v) is 9.06. The molecule has 2 aliphatic rings. The molecule has 1 N–H and O–H groups in total. The SMILES string of the molecule is CC(NC(=O)CN1CCn2c(nnc2C2CC2)C1)c1cccs1. The number of nitrogens with zero attached hydrogens (tertiary/aromatic N) is 4. The lowest BCUT2D eigenvalue weighted by molar-refractivity contribution is -0.123. The van der Waals surface area contributed by atoms with Crippen LogP contribution in [-0.4, -0.2) is 38.7 Å². The average Bonchev–Trinajstić information content (AvgIpc) is 3.07. The third-order valence-electron chi connectivity index (χ3n) is 4.52. The van der Waals surface area contributed by atoms with E-state index in [0.717, 1.165) is 24.7 Å². The molecule has 1 fully saturated rings. The molecule has 1 aliphatic carbocycles. The van der Waals surface area contributed by atoms with Crippen LogP contribution in [0.2, 0.25) is 0 Å². The molecule has 1 amide bonds. The van der Waals surface area contributed by atoms with Crippen molar-refractivity contribution in [1.29, 1.82) is 0 Å². The van der Waals surface area contributed by atoms with Crippen LogP contribution >= 0.6 is 11.3 Å². The predicted octanol–water partition coefficient (Wildman–Crippen LogP) is 1.91. The lowest BCUT2D eigenvalue weighted by Crippen LogP contribution is -2.42. The van der Waals surface area contributed by atoms with Crippen molar-refractivity contribution in [3.63, 3.8) is 0 Å². The molecule has 0 aromatic carbocycles. The monoisotopic (exact) mass is 331 g/mol. The van der Waals surface area contributed by atoms with Gasteiger partial charge >= 0.3 is 0 Å². The Hall–Kier alpha value is -1.73. The zero-order chi connectivity index (χ0) is 15.8. The minimum atomic E-state index is 0.0670. The van der Waals surface area contributed by atoms with Gasteiger partial charge in [0.2, 0.25) is 5.91 Å². The number of carbonyl (C=O) groups excluding carboxylic acids is 1. The summed E-state index contributed by atoms with van der Waals surface area (Å²) in [5.41, 5.74) is 0. The fourth-order valence-electron chi connectivity index (χ4n) is 3.11. The van der Waals surface area contributed by atoms with Crippen LogP contribution in [-0.2, 0) is 17.9 Å². The van der Waals surface area contributed by atoms with Gasteiger partial charge in [0.05, 0.1) is 19.1 Å². The largest absolute Gasteiger partial charge is 0.348 e. The summed E-state index contributed by atoms with van der Waals surface area (Å²) < 4.78 is 2.25. The van der Waals surface area contributed by atoms with E-state index in [1.807, 2.05) is 18.4 Å². The van der Waals surface area contributed by atoms with Gasteiger partial charge in [-0.05, 0) is 31.2 Å². The number of thiophene rings is 1. The molecule has 1 atom stereocenters. The van der Waals surface area contributed by atoms with E-state index in [9.17, 15) is 4.79 Å². The van der Waals surface area contributed by atoms with Gasteiger partial charge in [0.25, 0.3) is 0 Å². The number of fused-ring (bicyclic) bond motifs is 1. The van der Waals surface area contributed by atoms with E-state index in [1.165, 1.54) is 17.7 Å². The summed E-state index contributed by atoms with van der Waals surface area (Å²) in [5, 5.41) is 13.8. The van der Waals surface area contributed by atoms with Gasteiger partial charge in [-0.3, -0.25) is 9.69 Å². The highest BCUT2D eigenvalue weighted by molar-refractivity contribution is 7.10. The maximum atomic E-state index is 12.3. The summed E-state index contributed by atoms with van der Waals surface area (Å²) in [5.74, 6) is 2.84. The fraction of sp³-hybridized carbons (Fsp3) is 0.562. The summed E-state index contributed by atoms with van der Waals surface area (Å²) in [6.45, 7) is 4.92. The smallest absolute Gasteiger partial charge is 0.234 e. The lowest BCUT2D eigenvalue weighted by atomic mass is 10.2. The van der Waals surface area contributed by atoms with Crippen molar-refractivity contribution in [2.75, 3.05) is 13.1 Å². The number of carbonyl (C=O) groups is 1. The highest BCUT2D eigenvalue weighted by atomic mass is 32.1. The number of rotatable bonds is 5. The number of hydrogen-bond acceptors (Lipinski definition) is 5. The standard InChI is InChI=1S/C16H21N5OS/c1-11(13-3-2-8-23-13)17-15(22)10-20-6-7-21-14(9-20)18-19-16(21)12-4-5-12/h2-3,8,11-12H,4-7,9-10H2,1H3,(H,17,22). The topological polar surface area (TPSA) is 63.1 Å². The third-order valence-corrected chi connectivity index (χ3v) is 5.57. The van der Waals surface area contributed by atoms with Gasteiger partial charge in [0.1, 0.15) is 11.6 Å². The fourth-order valence-corrected chi connectivity index (χ4v) is 3.84. The number of nitrogens with one attached hydrogen (secondary N) is 1. The van der Waals surface area contributed by atoms with Crippen LogP contribution in [0.15, 0.2) is 17.5 Å². The molecule has 1 saturated carbocycles. The molecule has 4 rings (SSSR count). The van der Waals surface area contributed by atoms with Crippen LogP contribution in [0, 0.1) is 0 Å². The van der Waals surface area contributed by atoms with Crippen molar-refractivity contribution in [3.8, 4) is 0 Å². The first-order valence-electron chi connectivity index (χ1n) is 8.18. The average molecular weight is 331 g/mol. The van der Waals surface area contributed by atoms with Crippen molar-refractivity contribution in [1.82, 2.24) is 25.0 Å². The predicted molar refractivity (Wildman–Crippen MR) is 88.2 cm³/mol. The van der Waals surface area contributed by atoms with E-state index in [-0.39, 0.29) is 11.9 Å². The van der Waals surface area contributed by atoms with E-state index >= 15 is 0 Å². The van der Waals surface area contributed by atoms with Crippen LogP contribution < -0.4 is 5.32 Å². The first kappa shape index (κ1) is 14.8. The molecule has 1 unspecified atom stereocenters. The van der Waals surface area contributed by atoms with Crippen LogP contribution in [0.3, 0.4) is 0 Å². The minimum Gasteiger partial charge on any atom is -0.348 e. The third kappa shape index (κ3) is 3.16. The van der Waals surface area contributed by atoms with Gasteiger partial charge in [0, 0.05) is 23.9 Å². The molecule has 122 valence electrons. The Morgan fingerprint density at radius 2 is 2.30 bits per heavy atom. The Balaban J connectivity index is 1.33. The summed E-state index contributed by atoms with van der Waals surface area (Å²) in [7, 11) is 0. The van der Waals surface area contributed by atoms with Gasteiger partial charge in [-0.1, -0.05) is 6.07 Å². The summed E-state index contributed by atoms with van der Waals surface area (Å²) in [4.78, 5) is 15.6.